The maximum atomic E-state index is 12.0. The van der Waals surface area contributed by atoms with E-state index in [1.807, 2.05) is 0 Å². The van der Waals surface area contributed by atoms with Gasteiger partial charge in [0.15, 0.2) is 11.9 Å². The number of hydrogen-bond donors (Lipinski definition) is 2. The number of aliphatic hydroxyl groups is 1. The van der Waals surface area contributed by atoms with E-state index in [-0.39, 0.29) is 12.4 Å². The van der Waals surface area contributed by atoms with Crippen LogP contribution in [-0.2, 0) is 42.8 Å². The molecule has 2 aliphatic heterocycles. The summed E-state index contributed by atoms with van der Waals surface area (Å²) in [6, 6.07) is -0.990. The minimum Gasteiger partial charge on any atom is -0.478 e. The van der Waals surface area contributed by atoms with E-state index in [0.29, 0.717) is 0 Å². The molecule has 29 heavy (non-hydrogen) atoms. The Labute approximate surface area is 168 Å². The van der Waals surface area contributed by atoms with Crippen LogP contribution in [0.3, 0.4) is 0 Å². The third kappa shape index (κ3) is 5.89. The molecule has 0 radical (unpaired) electrons. The first-order chi connectivity index (χ1) is 13.6. The third-order valence-corrected chi connectivity index (χ3v) is 4.41. The monoisotopic (exact) mass is 417 g/mol. The van der Waals surface area contributed by atoms with Gasteiger partial charge < -0.3 is 38.8 Å². The summed E-state index contributed by atoms with van der Waals surface area (Å²) in [5, 5.41) is 13.1. The van der Waals surface area contributed by atoms with Crippen LogP contribution in [0.2, 0.25) is 0 Å². The van der Waals surface area contributed by atoms with Gasteiger partial charge in [-0.15, -0.1) is 0 Å². The molecule has 0 bridgehead atoms. The first kappa shape index (κ1) is 23.1. The average molecular weight is 417 g/mol. The summed E-state index contributed by atoms with van der Waals surface area (Å²) < 4.78 is 32.1. The van der Waals surface area contributed by atoms with E-state index in [1.54, 1.807) is 13.8 Å². The zero-order valence-electron chi connectivity index (χ0n) is 17.0. The summed E-state index contributed by atoms with van der Waals surface area (Å²) >= 11 is 0. The first-order valence-corrected chi connectivity index (χ1v) is 9.00. The van der Waals surface area contributed by atoms with Crippen LogP contribution in [0, 0.1) is 0 Å². The number of amides is 1. The van der Waals surface area contributed by atoms with Gasteiger partial charge in [0.2, 0.25) is 11.7 Å². The predicted octanol–water partition coefficient (Wildman–Crippen LogP) is -0.983. The van der Waals surface area contributed by atoms with E-state index in [4.69, 9.17) is 18.9 Å². The normalized spacial score (nSPS) is 29.2. The van der Waals surface area contributed by atoms with Gasteiger partial charge in [-0.05, 0) is 19.9 Å². The van der Waals surface area contributed by atoms with E-state index in [2.05, 4.69) is 14.8 Å². The number of carbonyl (C=O) groups is 3. The maximum absolute atomic E-state index is 12.0. The zero-order valence-corrected chi connectivity index (χ0v) is 17.0. The molecule has 0 saturated carbocycles. The van der Waals surface area contributed by atoms with Crippen molar-refractivity contribution in [1.29, 1.82) is 0 Å². The number of aliphatic hydroxyl groups excluding tert-OH is 1. The fourth-order valence-corrected chi connectivity index (χ4v) is 3.12. The van der Waals surface area contributed by atoms with Crippen molar-refractivity contribution in [3.8, 4) is 0 Å². The Morgan fingerprint density at radius 1 is 1.31 bits per heavy atom. The molecule has 0 aromatic carbocycles. The van der Waals surface area contributed by atoms with Gasteiger partial charge in [-0.25, -0.2) is 9.59 Å². The lowest BCUT2D eigenvalue weighted by atomic mass is 9.93. The summed E-state index contributed by atoms with van der Waals surface area (Å²) in [5.41, 5.74) is 0. The second kappa shape index (κ2) is 9.53. The minimum atomic E-state index is -1.29. The summed E-state index contributed by atoms with van der Waals surface area (Å²) in [6.07, 6.45) is -2.97. The molecule has 5 atom stereocenters. The summed E-state index contributed by atoms with van der Waals surface area (Å²) in [7, 11) is 2.37. The van der Waals surface area contributed by atoms with E-state index >= 15 is 0 Å². The van der Waals surface area contributed by atoms with Crippen LogP contribution in [0.15, 0.2) is 11.8 Å². The van der Waals surface area contributed by atoms with Crippen LogP contribution < -0.4 is 5.32 Å². The lowest BCUT2D eigenvalue weighted by molar-refractivity contribution is -0.187. The molecular weight excluding hydrogens is 390 g/mol. The Morgan fingerprint density at radius 3 is 2.52 bits per heavy atom. The summed E-state index contributed by atoms with van der Waals surface area (Å²) in [5.74, 6) is -3.07. The Kier molecular flexibility index (Phi) is 7.58. The van der Waals surface area contributed by atoms with Crippen molar-refractivity contribution in [3.63, 3.8) is 0 Å². The van der Waals surface area contributed by atoms with Crippen molar-refractivity contribution >= 4 is 17.8 Å². The Morgan fingerprint density at radius 2 is 2.00 bits per heavy atom. The lowest BCUT2D eigenvalue weighted by Crippen LogP contribution is -2.60. The maximum Gasteiger partial charge on any atom is 0.373 e. The van der Waals surface area contributed by atoms with E-state index < -0.39 is 60.7 Å². The summed E-state index contributed by atoms with van der Waals surface area (Å²) in [6.45, 7) is 4.32. The van der Waals surface area contributed by atoms with Crippen LogP contribution in [0.5, 0.6) is 0 Å². The molecular formula is C18H27NO10. The lowest BCUT2D eigenvalue weighted by Gasteiger charge is -2.40. The van der Waals surface area contributed by atoms with E-state index in [1.165, 1.54) is 14.0 Å². The molecule has 1 amide bonds. The van der Waals surface area contributed by atoms with Crippen LogP contribution in [-0.4, -0.2) is 86.6 Å². The first-order valence-electron chi connectivity index (χ1n) is 9.00. The molecule has 2 N–H and O–H groups in total. The number of methoxy groups -OCH3 is 2. The second-order valence-electron chi connectivity index (χ2n) is 7.04. The van der Waals surface area contributed by atoms with Crippen LogP contribution in [0.25, 0.3) is 0 Å². The van der Waals surface area contributed by atoms with Crippen LogP contribution in [0.4, 0.5) is 0 Å². The molecule has 2 rings (SSSR count). The molecule has 2 heterocycles. The van der Waals surface area contributed by atoms with Gasteiger partial charge in [-0.1, -0.05) is 0 Å². The fourth-order valence-electron chi connectivity index (χ4n) is 3.12. The van der Waals surface area contributed by atoms with Crippen molar-refractivity contribution in [2.45, 2.75) is 57.0 Å². The van der Waals surface area contributed by atoms with Crippen molar-refractivity contribution in [1.82, 2.24) is 5.32 Å². The number of carbonyl (C=O) groups excluding carboxylic acids is 3. The van der Waals surface area contributed by atoms with Crippen LogP contribution >= 0.6 is 0 Å². The van der Waals surface area contributed by atoms with Gasteiger partial charge in [-0.2, -0.15) is 0 Å². The van der Waals surface area contributed by atoms with Crippen LogP contribution in [0.1, 0.15) is 20.8 Å². The number of rotatable bonds is 7. The highest BCUT2D eigenvalue weighted by Crippen LogP contribution is 2.31. The predicted molar refractivity (Wildman–Crippen MR) is 95.2 cm³/mol. The van der Waals surface area contributed by atoms with Crippen molar-refractivity contribution in [3.05, 3.63) is 11.8 Å². The Balaban J connectivity index is 2.36. The van der Waals surface area contributed by atoms with E-state index in [9.17, 15) is 19.5 Å². The smallest absolute Gasteiger partial charge is 0.373 e. The Bertz CT molecular complexity index is 661. The molecule has 11 nitrogen and oxygen atoms in total. The van der Waals surface area contributed by atoms with Gasteiger partial charge in [-0.3, -0.25) is 4.79 Å². The highest BCUT2D eigenvalue weighted by Gasteiger charge is 2.49. The van der Waals surface area contributed by atoms with Crippen molar-refractivity contribution in [2.75, 3.05) is 27.4 Å². The molecule has 0 aromatic heterocycles. The molecule has 1 saturated heterocycles. The summed E-state index contributed by atoms with van der Waals surface area (Å²) in [4.78, 5) is 35.3. The second-order valence-corrected chi connectivity index (χ2v) is 7.04. The van der Waals surface area contributed by atoms with Crippen molar-refractivity contribution < 1.29 is 47.9 Å². The zero-order chi connectivity index (χ0) is 21.8. The van der Waals surface area contributed by atoms with Gasteiger partial charge in [0.25, 0.3) is 0 Å². The highest BCUT2D eigenvalue weighted by molar-refractivity contribution is 5.86. The molecule has 0 aromatic rings. The quantitative estimate of drug-likeness (QED) is 0.497. The highest BCUT2D eigenvalue weighted by atomic mass is 16.8. The fraction of sp³-hybridized carbons (Fsp3) is 0.722. The molecule has 1 fully saturated rings. The van der Waals surface area contributed by atoms with Crippen molar-refractivity contribution in [2.24, 2.45) is 0 Å². The number of esters is 2. The van der Waals surface area contributed by atoms with E-state index in [0.717, 1.165) is 13.2 Å². The van der Waals surface area contributed by atoms with Gasteiger partial charge >= 0.3 is 11.9 Å². The topological polar surface area (TPSA) is 139 Å². The van der Waals surface area contributed by atoms with Gasteiger partial charge in [0.05, 0.1) is 26.9 Å². The third-order valence-electron chi connectivity index (χ3n) is 4.41. The number of ether oxygens (including phenoxy) is 6. The molecule has 11 heteroatoms. The Hall–Kier alpha value is -2.21. The van der Waals surface area contributed by atoms with Gasteiger partial charge in [0.1, 0.15) is 24.9 Å². The molecule has 164 valence electrons. The SMILES string of the molecule is COC(=O)COC(C1COC(C)(C)O1)C1OC(C(=O)OC)=CC(O)C1NC(C)=O. The minimum absolute atomic E-state index is 0.0961. The molecule has 2 aliphatic rings. The molecule has 5 unspecified atom stereocenters. The van der Waals surface area contributed by atoms with Gasteiger partial charge in [0, 0.05) is 6.92 Å². The number of hydrogen-bond acceptors (Lipinski definition) is 10. The standard InChI is InChI=1S/C18H27NO10/c1-9(20)19-14-10(21)6-11(17(23)25-5)28-16(14)15(26-8-13(22)24-4)12-7-27-18(2,3)29-12/h6,10,12,14-16,21H,7-8H2,1-5H3,(H,19,20). The average Bonchev–Trinajstić information content (AvgIpc) is 3.02. The largest absolute Gasteiger partial charge is 0.478 e. The molecule has 0 spiro atoms. The molecule has 0 aliphatic carbocycles. The number of nitrogens with one attached hydrogen (secondary N) is 1.